The SMILES string of the molecule is CC(N)C(=O)NC(C(=O)NC(Cc1ccc(O)cc1)C(=O)NC(Cc1cnc[nH]1)C(=O)O)C(C)O. The maximum absolute atomic E-state index is 13.1. The molecule has 0 aliphatic rings. The quantitative estimate of drug-likeness (QED) is 0.167. The molecule has 3 amide bonds. The molecule has 0 radical (unpaired) electrons. The number of aliphatic carboxylic acids is 1. The van der Waals surface area contributed by atoms with E-state index in [0.717, 1.165) is 0 Å². The summed E-state index contributed by atoms with van der Waals surface area (Å²) in [5.41, 5.74) is 6.54. The monoisotopic (exact) mass is 490 g/mol. The molecule has 13 nitrogen and oxygen atoms in total. The highest BCUT2D eigenvalue weighted by Gasteiger charge is 2.32. The highest BCUT2D eigenvalue weighted by molar-refractivity contribution is 5.94. The minimum atomic E-state index is -1.41. The van der Waals surface area contributed by atoms with E-state index in [9.17, 15) is 34.5 Å². The lowest BCUT2D eigenvalue weighted by molar-refractivity contribution is -0.142. The van der Waals surface area contributed by atoms with Crippen LogP contribution in [0.15, 0.2) is 36.8 Å². The molecule has 0 saturated carbocycles. The van der Waals surface area contributed by atoms with Crippen LogP contribution in [0.4, 0.5) is 0 Å². The van der Waals surface area contributed by atoms with E-state index in [4.69, 9.17) is 5.73 Å². The Kier molecular flexibility index (Phi) is 9.73. The van der Waals surface area contributed by atoms with Crippen LogP contribution in [0.2, 0.25) is 0 Å². The number of carbonyl (C=O) groups is 4. The van der Waals surface area contributed by atoms with Gasteiger partial charge in [-0.2, -0.15) is 0 Å². The molecule has 0 aliphatic heterocycles. The molecule has 0 saturated heterocycles. The molecular formula is C22H30N6O7. The summed E-state index contributed by atoms with van der Waals surface area (Å²) in [6.07, 6.45) is 1.33. The lowest BCUT2D eigenvalue weighted by atomic mass is 10.0. The molecule has 1 heterocycles. The van der Waals surface area contributed by atoms with Gasteiger partial charge in [0.25, 0.3) is 0 Å². The Morgan fingerprint density at radius 1 is 0.971 bits per heavy atom. The minimum absolute atomic E-state index is 0.00271. The number of carboxylic acids is 1. The van der Waals surface area contributed by atoms with Gasteiger partial charge in [0, 0.05) is 24.7 Å². The van der Waals surface area contributed by atoms with E-state index in [1.807, 2.05) is 0 Å². The second kappa shape index (κ2) is 12.5. The van der Waals surface area contributed by atoms with E-state index in [-0.39, 0.29) is 18.6 Å². The lowest BCUT2D eigenvalue weighted by Crippen LogP contribution is -2.60. The number of imidazole rings is 1. The van der Waals surface area contributed by atoms with E-state index in [0.29, 0.717) is 11.3 Å². The van der Waals surface area contributed by atoms with Crippen LogP contribution >= 0.6 is 0 Å². The fourth-order valence-corrected chi connectivity index (χ4v) is 3.12. The highest BCUT2D eigenvalue weighted by atomic mass is 16.4. The molecule has 2 aromatic rings. The van der Waals surface area contributed by atoms with Crippen molar-refractivity contribution >= 4 is 23.7 Å². The van der Waals surface area contributed by atoms with Gasteiger partial charge in [0.2, 0.25) is 17.7 Å². The Bertz CT molecular complexity index is 1010. The van der Waals surface area contributed by atoms with Crippen molar-refractivity contribution in [3.63, 3.8) is 0 Å². The molecule has 0 aliphatic carbocycles. The number of aromatic hydroxyl groups is 1. The van der Waals surface area contributed by atoms with E-state index >= 15 is 0 Å². The number of aliphatic hydroxyl groups is 1. The fraction of sp³-hybridized carbons (Fsp3) is 0.409. The molecule has 5 atom stereocenters. The first-order chi connectivity index (χ1) is 16.5. The molecule has 35 heavy (non-hydrogen) atoms. The van der Waals surface area contributed by atoms with Crippen LogP contribution in [-0.4, -0.2) is 79.2 Å². The molecule has 1 aromatic carbocycles. The van der Waals surface area contributed by atoms with Gasteiger partial charge in [-0.15, -0.1) is 0 Å². The largest absolute Gasteiger partial charge is 0.508 e. The van der Waals surface area contributed by atoms with Gasteiger partial charge in [-0.3, -0.25) is 14.4 Å². The normalized spacial score (nSPS) is 15.2. The zero-order valence-electron chi connectivity index (χ0n) is 19.3. The summed E-state index contributed by atoms with van der Waals surface area (Å²) in [5, 5.41) is 36.3. The maximum atomic E-state index is 13.1. The van der Waals surface area contributed by atoms with Gasteiger partial charge in [-0.1, -0.05) is 12.1 Å². The van der Waals surface area contributed by atoms with Gasteiger partial charge in [-0.05, 0) is 31.5 Å². The number of phenols is 1. The zero-order valence-corrected chi connectivity index (χ0v) is 19.3. The molecular weight excluding hydrogens is 460 g/mol. The number of phenolic OH excluding ortho intramolecular Hbond substituents is 1. The number of hydrogen-bond donors (Lipinski definition) is 8. The van der Waals surface area contributed by atoms with Crippen molar-refractivity contribution in [1.82, 2.24) is 25.9 Å². The van der Waals surface area contributed by atoms with Gasteiger partial charge in [0.1, 0.15) is 23.9 Å². The smallest absolute Gasteiger partial charge is 0.326 e. The second-order valence-electron chi connectivity index (χ2n) is 8.13. The van der Waals surface area contributed by atoms with Crippen LogP contribution in [0.5, 0.6) is 5.75 Å². The fourth-order valence-electron chi connectivity index (χ4n) is 3.12. The van der Waals surface area contributed by atoms with Gasteiger partial charge in [-0.25, -0.2) is 9.78 Å². The predicted octanol–water partition coefficient (Wildman–Crippen LogP) is -1.83. The topological polar surface area (TPSA) is 220 Å². The van der Waals surface area contributed by atoms with E-state index in [2.05, 4.69) is 25.9 Å². The molecule has 2 rings (SSSR count). The summed E-state index contributed by atoms with van der Waals surface area (Å²) in [7, 11) is 0. The van der Waals surface area contributed by atoms with Crippen LogP contribution in [0, 0.1) is 0 Å². The Morgan fingerprint density at radius 2 is 1.60 bits per heavy atom. The van der Waals surface area contributed by atoms with Gasteiger partial charge >= 0.3 is 5.97 Å². The number of hydrogen-bond acceptors (Lipinski definition) is 8. The predicted molar refractivity (Wildman–Crippen MR) is 123 cm³/mol. The molecule has 1 aromatic heterocycles. The summed E-state index contributed by atoms with van der Waals surface area (Å²) in [6.45, 7) is 2.69. The standard InChI is InChI=1S/C22H30N6O7/c1-11(23)19(31)28-18(12(2)29)21(33)26-16(7-13-3-5-15(30)6-4-13)20(32)27-17(22(34)35)8-14-9-24-10-25-14/h3-6,9-12,16-18,29-30H,7-8,23H2,1-2H3,(H,24,25)(H,26,33)(H,27,32)(H,28,31)(H,34,35). The molecule has 190 valence electrons. The van der Waals surface area contributed by atoms with Crippen molar-refractivity contribution in [2.75, 3.05) is 0 Å². The first-order valence-corrected chi connectivity index (χ1v) is 10.8. The van der Waals surface area contributed by atoms with Crippen LogP contribution in [0.1, 0.15) is 25.1 Å². The zero-order chi connectivity index (χ0) is 26.1. The summed E-state index contributed by atoms with van der Waals surface area (Å²) >= 11 is 0. The highest BCUT2D eigenvalue weighted by Crippen LogP contribution is 2.12. The number of aromatic nitrogens is 2. The molecule has 0 bridgehead atoms. The number of benzene rings is 1. The number of aliphatic hydroxyl groups excluding tert-OH is 1. The number of nitrogens with one attached hydrogen (secondary N) is 4. The van der Waals surface area contributed by atoms with Gasteiger partial charge in [0.05, 0.1) is 18.5 Å². The molecule has 0 spiro atoms. The summed E-state index contributed by atoms with van der Waals surface area (Å²) in [6, 6.07) is 0.896. The first-order valence-electron chi connectivity index (χ1n) is 10.8. The number of nitrogens with zero attached hydrogens (tertiary/aromatic N) is 1. The first kappa shape index (κ1) is 27.3. The Labute approximate surface area is 201 Å². The van der Waals surface area contributed by atoms with Crippen molar-refractivity contribution in [2.45, 2.75) is 57.0 Å². The summed E-state index contributed by atoms with van der Waals surface area (Å²) in [5.74, 6) is -3.66. The molecule has 5 unspecified atom stereocenters. The summed E-state index contributed by atoms with van der Waals surface area (Å²) < 4.78 is 0. The molecule has 0 fully saturated rings. The number of H-pyrrole nitrogens is 1. The van der Waals surface area contributed by atoms with Crippen molar-refractivity contribution in [1.29, 1.82) is 0 Å². The third kappa shape index (κ3) is 8.39. The number of carboxylic acid groups (broad SMARTS) is 1. The lowest BCUT2D eigenvalue weighted by Gasteiger charge is -2.26. The number of carbonyl (C=O) groups excluding carboxylic acids is 3. The average molecular weight is 491 g/mol. The third-order valence-electron chi connectivity index (χ3n) is 5.08. The second-order valence-corrected chi connectivity index (χ2v) is 8.13. The third-order valence-corrected chi connectivity index (χ3v) is 5.08. The van der Waals surface area contributed by atoms with Crippen molar-refractivity contribution in [3.05, 3.63) is 48.0 Å². The van der Waals surface area contributed by atoms with Crippen molar-refractivity contribution in [3.8, 4) is 5.75 Å². The average Bonchev–Trinajstić information content (AvgIpc) is 3.30. The number of rotatable bonds is 12. The van der Waals surface area contributed by atoms with Gasteiger partial charge < -0.3 is 42.0 Å². The Morgan fingerprint density at radius 3 is 2.11 bits per heavy atom. The van der Waals surface area contributed by atoms with E-state index in [1.165, 1.54) is 50.6 Å². The van der Waals surface area contributed by atoms with Crippen molar-refractivity contribution < 1.29 is 34.5 Å². The van der Waals surface area contributed by atoms with E-state index < -0.39 is 54.0 Å². The number of nitrogens with two attached hydrogens (primary N) is 1. The molecule has 13 heteroatoms. The minimum Gasteiger partial charge on any atom is -0.508 e. The number of amides is 3. The summed E-state index contributed by atoms with van der Waals surface area (Å²) in [4.78, 5) is 56.3. The van der Waals surface area contributed by atoms with Gasteiger partial charge in [0.15, 0.2) is 0 Å². The maximum Gasteiger partial charge on any atom is 0.326 e. The Balaban J connectivity index is 2.24. The van der Waals surface area contributed by atoms with Crippen LogP contribution in [-0.2, 0) is 32.0 Å². The molecule has 9 N–H and O–H groups in total. The van der Waals surface area contributed by atoms with Crippen LogP contribution < -0.4 is 21.7 Å². The number of aromatic amines is 1. The van der Waals surface area contributed by atoms with Crippen LogP contribution in [0.3, 0.4) is 0 Å². The van der Waals surface area contributed by atoms with Crippen molar-refractivity contribution in [2.24, 2.45) is 5.73 Å². The van der Waals surface area contributed by atoms with E-state index in [1.54, 1.807) is 0 Å². The Hall–Kier alpha value is -3.97. The van der Waals surface area contributed by atoms with Crippen LogP contribution in [0.25, 0.3) is 0 Å².